The van der Waals surface area contributed by atoms with Gasteiger partial charge in [-0.25, -0.2) is 13.8 Å². The number of nitrogens with one attached hydrogen (secondary N) is 1. The lowest BCUT2D eigenvalue weighted by Crippen LogP contribution is -2.40. The van der Waals surface area contributed by atoms with Crippen LogP contribution in [0.5, 0.6) is 0 Å². The van der Waals surface area contributed by atoms with Gasteiger partial charge in [-0.3, -0.25) is 9.89 Å². The van der Waals surface area contributed by atoms with Crippen LogP contribution in [0.2, 0.25) is 0 Å². The van der Waals surface area contributed by atoms with Gasteiger partial charge in [0.25, 0.3) is 6.43 Å². The Morgan fingerprint density at radius 1 is 1.45 bits per heavy atom. The highest BCUT2D eigenvalue weighted by Crippen LogP contribution is 2.30. The van der Waals surface area contributed by atoms with Crippen molar-refractivity contribution in [2.24, 2.45) is 5.73 Å². The Morgan fingerprint density at radius 3 is 2.82 bits per heavy atom. The second-order valence-electron chi connectivity index (χ2n) is 5.11. The van der Waals surface area contributed by atoms with E-state index in [2.05, 4.69) is 15.2 Å². The van der Waals surface area contributed by atoms with Crippen molar-refractivity contribution in [3.63, 3.8) is 0 Å². The minimum atomic E-state index is -2.58. The van der Waals surface area contributed by atoms with Gasteiger partial charge in [-0.15, -0.1) is 0 Å². The Kier molecular flexibility index (Phi) is 3.16. The van der Waals surface area contributed by atoms with Crippen LogP contribution < -0.4 is 5.73 Å². The molecule has 0 spiro atoms. The molecule has 0 radical (unpaired) electrons. The summed E-state index contributed by atoms with van der Waals surface area (Å²) >= 11 is 0. The first-order chi connectivity index (χ1) is 10.4. The molecule has 0 fully saturated rings. The van der Waals surface area contributed by atoms with E-state index in [9.17, 15) is 13.6 Å². The van der Waals surface area contributed by atoms with E-state index in [-0.39, 0.29) is 5.56 Å². The third-order valence-corrected chi connectivity index (χ3v) is 3.78. The standard InChI is InChI=1S/C14H13F2N5O/c1-14(13(17)22,9-2-4-18-20-9)10-7-21-5-3-8(12(15)16)6-11(21)19-10/h2-7,12H,1H3,(H2,17,22)(H,18,20). The zero-order valence-electron chi connectivity index (χ0n) is 11.6. The second kappa shape index (κ2) is 4.90. The Hall–Kier alpha value is -2.77. The summed E-state index contributed by atoms with van der Waals surface area (Å²) in [7, 11) is 0. The molecule has 114 valence electrons. The molecule has 0 aliphatic carbocycles. The third kappa shape index (κ3) is 2.03. The fourth-order valence-electron chi connectivity index (χ4n) is 2.31. The molecular formula is C14H13F2N5O. The second-order valence-corrected chi connectivity index (χ2v) is 5.11. The zero-order chi connectivity index (χ0) is 15.9. The highest BCUT2D eigenvalue weighted by molar-refractivity contribution is 5.89. The number of amides is 1. The number of halogens is 2. The van der Waals surface area contributed by atoms with Crippen molar-refractivity contribution in [3.8, 4) is 0 Å². The van der Waals surface area contributed by atoms with Crippen LogP contribution in [0, 0.1) is 0 Å². The lowest BCUT2D eigenvalue weighted by Gasteiger charge is -2.21. The first-order valence-electron chi connectivity index (χ1n) is 6.50. The SMILES string of the molecule is CC(C(N)=O)(c1cn2ccc(C(F)F)cc2n1)c1ccn[nH]1. The molecule has 0 saturated carbocycles. The summed E-state index contributed by atoms with van der Waals surface area (Å²) in [6.45, 7) is 1.61. The van der Waals surface area contributed by atoms with Gasteiger partial charge in [-0.1, -0.05) is 0 Å². The summed E-state index contributed by atoms with van der Waals surface area (Å²) in [5, 5.41) is 6.53. The Morgan fingerprint density at radius 2 is 2.23 bits per heavy atom. The normalized spacial score (nSPS) is 14.4. The molecule has 6 nitrogen and oxygen atoms in total. The largest absolute Gasteiger partial charge is 0.369 e. The maximum Gasteiger partial charge on any atom is 0.264 e. The van der Waals surface area contributed by atoms with Gasteiger partial charge in [0.15, 0.2) is 0 Å². The van der Waals surface area contributed by atoms with Crippen LogP contribution in [0.4, 0.5) is 8.78 Å². The number of carbonyl (C=O) groups excluding carboxylic acids is 1. The number of carbonyl (C=O) groups is 1. The number of pyridine rings is 1. The number of aromatic amines is 1. The predicted octanol–water partition coefficient (Wildman–Crippen LogP) is 1.79. The highest BCUT2D eigenvalue weighted by Gasteiger charge is 2.39. The van der Waals surface area contributed by atoms with Gasteiger partial charge in [0.1, 0.15) is 11.1 Å². The van der Waals surface area contributed by atoms with E-state index in [1.807, 2.05) is 0 Å². The topological polar surface area (TPSA) is 89.1 Å². The summed E-state index contributed by atoms with van der Waals surface area (Å²) in [5.74, 6) is -0.616. The number of hydrogen-bond donors (Lipinski definition) is 2. The number of aromatic nitrogens is 4. The number of hydrogen-bond acceptors (Lipinski definition) is 3. The number of alkyl halides is 2. The van der Waals surface area contributed by atoms with Crippen LogP contribution in [-0.4, -0.2) is 25.5 Å². The van der Waals surface area contributed by atoms with Crippen molar-refractivity contribution in [1.29, 1.82) is 0 Å². The molecule has 0 saturated heterocycles. The summed E-state index contributed by atoms with van der Waals surface area (Å²) in [6, 6.07) is 4.21. The zero-order valence-corrected chi connectivity index (χ0v) is 11.6. The van der Waals surface area contributed by atoms with Gasteiger partial charge in [-0.2, -0.15) is 5.10 Å². The summed E-state index contributed by atoms with van der Waals surface area (Å²) in [6.07, 6.45) is 1.99. The van der Waals surface area contributed by atoms with E-state index < -0.39 is 17.7 Å². The van der Waals surface area contributed by atoms with Crippen LogP contribution in [0.25, 0.3) is 5.65 Å². The quantitative estimate of drug-likeness (QED) is 0.770. The molecule has 3 heterocycles. The third-order valence-electron chi connectivity index (χ3n) is 3.78. The molecule has 0 aromatic carbocycles. The molecule has 0 aliphatic heterocycles. The predicted molar refractivity (Wildman–Crippen MR) is 74.4 cm³/mol. The van der Waals surface area contributed by atoms with E-state index in [1.54, 1.807) is 23.6 Å². The van der Waals surface area contributed by atoms with E-state index >= 15 is 0 Å². The smallest absolute Gasteiger partial charge is 0.264 e. The van der Waals surface area contributed by atoms with E-state index in [0.717, 1.165) is 0 Å². The minimum absolute atomic E-state index is 0.132. The van der Waals surface area contributed by atoms with Gasteiger partial charge >= 0.3 is 0 Å². The molecule has 0 bridgehead atoms. The molecule has 3 aromatic rings. The first kappa shape index (κ1) is 14.2. The first-order valence-corrected chi connectivity index (χ1v) is 6.50. The molecule has 8 heteroatoms. The van der Waals surface area contributed by atoms with Gasteiger partial charge < -0.3 is 10.1 Å². The minimum Gasteiger partial charge on any atom is -0.369 e. The number of nitrogens with two attached hydrogens (primary N) is 1. The van der Waals surface area contributed by atoms with Crippen LogP contribution in [-0.2, 0) is 10.2 Å². The summed E-state index contributed by atoms with van der Waals surface area (Å²) in [4.78, 5) is 16.3. The lowest BCUT2D eigenvalue weighted by molar-refractivity contribution is -0.121. The molecule has 22 heavy (non-hydrogen) atoms. The Labute approximate surface area is 124 Å². The maximum absolute atomic E-state index is 12.8. The van der Waals surface area contributed by atoms with Crippen molar-refractivity contribution in [1.82, 2.24) is 19.6 Å². The van der Waals surface area contributed by atoms with Crippen LogP contribution >= 0.6 is 0 Å². The van der Waals surface area contributed by atoms with Crippen molar-refractivity contribution in [2.45, 2.75) is 18.8 Å². The molecule has 1 atom stereocenters. The maximum atomic E-state index is 12.8. The average Bonchev–Trinajstić information content (AvgIpc) is 3.14. The van der Waals surface area contributed by atoms with Crippen LogP contribution in [0.3, 0.4) is 0 Å². The van der Waals surface area contributed by atoms with E-state index in [4.69, 9.17) is 5.73 Å². The molecule has 3 N–H and O–H groups in total. The van der Waals surface area contributed by atoms with Crippen molar-refractivity contribution < 1.29 is 13.6 Å². The fraction of sp³-hybridized carbons (Fsp3) is 0.214. The van der Waals surface area contributed by atoms with Crippen molar-refractivity contribution in [3.05, 3.63) is 53.7 Å². The summed E-state index contributed by atoms with van der Waals surface area (Å²) < 4.78 is 27.1. The Balaban J connectivity index is 2.17. The number of rotatable bonds is 4. The molecule has 3 rings (SSSR count). The Bertz CT molecular complexity index is 827. The van der Waals surface area contributed by atoms with Gasteiger partial charge in [-0.05, 0) is 25.1 Å². The molecule has 1 amide bonds. The molecule has 0 aliphatic rings. The van der Waals surface area contributed by atoms with E-state index in [1.165, 1.54) is 24.5 Å². The number of primary amides is 1. The number of imidazole rings is 1. The highest BCUT2D eigenvalue weighted by atomic mass is 19.3. The number of H-pyrrole nitrogens is 1. The average molecular weight is 305 g/mol. The molecule has 3 aromatic heterocycles. The number of nitrogens with zero attached hydrogens (tertiary/aromatic N) is 3. The van der Waals surface area contributed by atoms with E-state index in [0.29, 0.717) is 17.0 Å². The van der Waals surface area contributed by atoms with Crippen molar-refractivity contribution >= 4 is 11.6 Å². The summed E-state index contributed by atoms with van der Waals surface area (Å²) in [5.41, 5.74) is 5.34. The van der Waals surface area contributed by atoms with Crippen LogP contribution in [0.15, 0.2) is 36.8 Å². The monoisotopic (exact) mass is 305 g/mol. The number of fused-ring (bicyclic) bond motifs is 1. The van der Waals surface area contributed by atoms with Crippen molar-refractivity contribution in [2.75, 3.05) is 0 Å². The van der Waals surface area contributed by atoms with Crippen LogP contribution in [0.1, 0.15) is 30.3 Å². The molecule has 1 unspecified atom stereocenters. The lowest BCUT2D eigenvalue weighted by atomic mass is 9.83. The molecular weight excluding hydrogens is 292 g/mol. The van der Waals surface area contributed by atoms with Gasteiger partial charge in [0.05, 0.1) is 11.4 Å². The van der Waals surface area contributed by atoms with Gasteiger partial charge in [0, 0.05) is 24.2 Å². The van der Waals surface area contributed by atoms with Gasteiger partial charge in [0.2, 0.25) is 5.91 Å². The fourth-order valence-corrected chi connectivity index (χ4v) is 2.31.